The zero-order chi connectivity index (χ0) is 8.39. The fourth-order valence-corrected chi connectivity index (χ4v) is 1.97. The summed E-state index contributed by atoms with van der Waals surface area (Å²) in [4.78, 5) is 2.16. The Morgan fingerprint density at radius 3 is 3.00 bits per heavy atom. The summed E-state index contributed by atoms with van der Waals surface area (Å²) < 4.78 is 5.52. The fourth-order valence-electron chi connectivity index (χ4n) is 1.97. The average Bonchev–Trinajstić information content (AvgIpc) is 2.65. The van der Waals surface area contributed by atoms with Crippen LogP contribution in [0.5, 0.6) is 0 Å². The third-order valence-corrected chi connectivity index (χ3v) is 2.67. The van der Waals surface area contributed by atoms with Gasteiger partial charge in [-0.2, -0.15) is 0 Å². The lowest BCUT2D eigenvalue weighted by Gasteiger charge is -2.21. The molecule has 1 N–H and O–H groups in total. The molecule has 2 heterocycles. The first-order valence-electron chi connectivity index (χ1n) is 4.80. The molecule has 68 valence electrons. The molecule has 0 bridgehead atoms. The minimum Gasteiger partial charge on any atom is -0.376 e. The molecule has 2 fully saturated rings. The van der Waals surface area contributed by atoms with Crippen molar-refractivity contribution in [1.82, 2.24) is 4.90 Å². The van der Waals surface area contributed by atoms with E-state index in [1.807, 2.05) is 0 Å². The minimum absolute atomic E-state index is 0.406. The van der Waals surface area contributed by atoms with E-state index in [1.54, 1.807) is 0 Å². The summed E-state index contributed by atoms with van der Waals surface area (Å²) >= 11 is 0. The topological polar surface area (TPSA) is 36.3 Å². The van der Waals surface area contributed by atoms with Crippen molar-refractivity contribution >= 4 is 5.84 Å². The lowest BCUT2D eigenvalue weighted by Crippen LogP contribution is -2.32. The van der Waals surface area contributed by atoms with E-state index < -0.39 is 0 Å². The fraction of sp³-hybridized carbons (Fsp3) is 0.889. The van der Waals surface area contributed by atoms with Gasteiger partial charge in [-0.1, -0.05) is 0 Å². The molecule has 0 saturated carbocycles. The monoisotopic (exact) mass is 168 g/mol. The second-order valence-corrected chi connectivity index (χ2v) is 3.63. The molecule has 12 heavy (non-hydrogen) atoms. The zero-order valence-electron chi connectivity index (χ0n) is 7.38. The second kappa shape index (κ2) is 3.44. The molecular weight excluding hydrogens is 152 g/mol. The molecule has 2 rings (SSSR count). The van der Waals surface area contributed by atoms with Crippen LogP contribution < -0.4 is 0 Å². The number of amidine groups is 1. The summed E-state index contributed by atoms with van der Waals surface area (Å²) in [5.74, 6) is 0.811. The van der Waals surface area contributed by atoms with E-state index in [0.717, 1.165) is 38.4 Å². The molecule has 3 heteroatoms. The van der Waals surface area contributed by atoms with Gasteiger partial charge in [-0.3, -0.25) is 5.41 Å². The van der Waals surface area contributed by atoms with Crippen LogP contribution in [-0.2, 0) is 4.74 Å². The summed E-state index contributed by atoms with van der Waals surface area (Å²) in [6.07, 6.45) is 4.91. The Labute approximate surface area is 73.2 Å². The van der Waals surface area contributed by atoms with Crippen molar-refractivity contribution in [2.75, 3.05) is 19.7 Å². The molecule has 2 aliphatic heterocycles. The van der Waals surface area contributed by atoms with Crippen LogP contribution in [0.25, 0.3) is 0 Å². The molecular formula is C9H16N2O. The maximum Gasteiger partial charge on any atom is 0.0959 e. The SMILES string of the molecule is N=C1CCCN1CC1CCCO1. The van der Waals surface area contributed by atoms with Crippen LogP contribution in [0.2, 0.25) is 0 Å². The van der Waals surface area contributed by atoms with Crippen LogP contribution in [0.1, 0.15) is 25.7 Å². The molecule has 0 aromatic carbocycles. The van der Waals surface area contributed by atoms with Crippen molar-refractivity contribution in [3.05, 3.63) is 0 Å². The van der Waals surface area contributed by atoms with Crippen molar-refractivity contribution in [3.8, 4) is 0 Å². The first-order valence-corrected chi connectivity index (χ1v) is 4.80. The van der Waals surface area contributed by atoms with Crippen molar-refractivity contribution in [2.45, 2.75) is 31.8 Å². The third-order valence-electron chi connectivity index (χ3n) is 2.67. The molecule has 0 aromatic heterocycles. The highest BCUT2D eigenvalue weighted by atomic mass is 16.5. The van der Waals surface area contributed by atoms with Crippen LogP contribution in [0.3, 0.4) is 0 Å². The Bertz CT molecular complexity index is 175. The van der Waals surface area contributed by atoms with Gasteiger partial charge in [0.15, 0.2) is 0 Å². The lowest BCUT2D eigenvalue weighted by atomic mass is 10.2. The summed E-state index contributed by atoms with van der Waals surface area (Å²) in [6, 6.07) is 0. The lowest BCUT2D eigenvalue weighted by molar-refractivity contribution is 0.0931. The predicted octanol–water partition coefficient (Wildman–Crippen LogP) is 1.24. The Kier molecular flexibility index (Phi) is 2.30. The highest BCUT2D eigenvalue weighted by Crippen LogP contribution is 2.17. The van der Waals surface area contributed by atoms with Gasteiger partial charge in [0.1, 0.15) is 0 Å². The van der Waals surface area contributed by atoms with Crippen molar-refractivity contribution in [2.24, 2.45) is 0 Å². The van der Waals surface area contributed by atoms with Crippen LogP contribution in [0.4, 0.5) is 0 Å². The molecule has 0 spiro atoms. The number of hydrogen-bond acceptors (Lipinski definition) is 2. The average molecular weight is 168 g/mol. The quantitative estimate of drug-likeness (QED) is 0.673. The highest BCUT2D eigenvalue weighted by molar-refractivity contribution is 5.80. The van der Waals surface area contributed by atoms with Gasteiger partial charge in [0.25, 0.3) is 0 Å². The summed E-state index contributed by atoms with van der Waals surface area (Å²) in [7, 11) is 0. The Hall–Kier alpha value is -0.570. The van der Waals surface area contributed by atoms with Crippen LogP contribution >= 0.6 is 0 Å². The van der Waals surface area contributed by atoms with Gasteiger partial charge in [-0.15, -0.1) is 0 Å². The van der Waals surface area contributed by atoms with Crippen LogP contribution in [0.15, 0.2) is 0 Å². The molecule has 0 amide bonds. The summed E-state index contributed by atoms with van der Waals surface area (Å²) in [6.45, 7) is 2.95. The van der Waals surface area contributed by atoms with E-state index in [2.05, 4.69) is 4.90 Å². The zero-order valence-corrected chi connectivity index (χ0v) is 7.38. The van der Waals surface area contributed by atoms with Crippen molar-refractivity contribution in [3.63, 3.8) is 0 Å². The van der Waals surface area contributed by atoms with Gasteiger partial charge in [0.05, 0.1) is 11.9 Å². The molecule has 1 atom stereocenters. The van der Waals surface area contributed by atoms with E-state index in [4.69, 9.17) is 10.1 Å². The van der Waals surface area contributed by atoms with Crippen LogP contribution in [-0.4, -0.2) is 36.5 Å². The maximum absolute atomic E-state index is 7.64. The molecule has 1 unspecified atom stereocenters. The maximum atomic E-state index is 7.64. The predicted molar refractivity (Wildman–Crippen MR) is 47.5 cm³/mol. The van der Waals surface area contributed by atoms with E-state index in [-0.39, 0.29) is 0 Å². The van der Waals surface area contributed by atoms with Gasteiger partial charge < -0.3 is 9.64 Å². The smallest absolute Gasteiger partial charge is 0.0959 e. The first kappa shape index (κ1) is 8.05. The van der Waals surface area contributed by atoms with E-state index >= 15 is 0 Å². The van der Waals surface area contributed by atoms with Gasteiger partial charge >= 0.3 is 0 Å². The van der Waals surface area contributed by atoms with E-state index in [1.165, 1.54) is 12.8 Å². The van der Waals surface area contributed by atoms with Gasteiger partial charge in [0, 0.05) is 26.1 Å². The van der Waals surface area contributed by atoms with Gasteiger partial charge in [0.2, 0.25) is 0 Å². The van der Waals surface area contributed by atoms with Gasteiger partial charge in [-0.05, 0) is 19.3 Å². The number of likely N-dealkylation sites (tertiary alicyclic amines) is 1. The molecule has 2 saturated heterocycles. The summed E-state index contributed by atoms with van der Waals surface area (Å²) in [5.41, 5.74) is 0. The summed E-state index contributed by atoms with van der Waals surface area (Å²) in [5, 5.41) is 7.64. The molecule has 0 radical (unpaired) electrons. The molecule has 0 aliphatic carbocycles. The standard InChI is InChI=1S/C9H16N2O/c10-9-4-1-5-11(9)7-8-3-2-6-12-8/h8,10H,1-7H2. The first-order chi connectivity index (χ1) is 5.86. The molecule has 2 aliphatic rings. The van der Waals surface area contributed by atoms with E-state index in [0.29, 0.717) is 6.10 Å². The number of rotatable bonds is 2. The Morgan fingerprint density at radius 2 is 2.42 bits per heavy atom. The minimum atomic E-state index is 0.406. The molecule has 3 nitrogen and oxygen atoms in total. The normalized spacial score (nSPS) is 30.2. The Morgan fingerprint density at radius 1 is 1.50 bits per heavy atom. The van der Waals surface area contributed by atoms with Gasteiger partial charge in [-0.25, -0.2) is 0 Å². The van der Waals surface area contributed by atoms with Crippen LogP contribution in [0, 0.1) is 5.41 Å². The number of hydrogen-bond donors (Lipinski definition) is 1. The highest BCUT2D eigenvalue weighted by Gasteiger charge is 2.23. The largest absolute Gasteiger partial charge is 0.376 e. The third kappa shape index (κ3) is 1.61. The second-order valence-electron chi connectivity index (χ2n) is 3.63. The Balaban J connectivity index is 1.81. The number of nitrogens with one attached hydrogen (secondary N) is 1. The molecule has 0 aromatic rings. The number of ether oxygens (including phenoxy) is 1. The van der Waals surface area contributed by atoms with Crippen molar-refractivity contribution in [1.29, 1.82) is 5.41 Å². The number of nitrogens with zero attached hydrogens (tertiary/aromatic N) is 1. The van der Waals surface area contributed by atoms with Crippen molar-refractivity contribution < 1.29 is 4.74 Å². The van der Waals surface area contributed by atoms with E-state index in [9.17, 15) is 0 Å².